The van der Waals surface area contributed by atoms with Gasteiger partial charge in [0.15, 0.2) is 6.10 Å². The Morgan fingerprint density at radius 1 is 1.44 bits per heavy atom. The number of benzene rings is 1. The topological polar surface area (TPSA) is 55.4 Å². The first kappa shape index (κ1) is 10.4. The van der Waals surface area contributed by atoms with Crippen LogP contribution in [0.15, 0.2) is 30.8 Å². The number of carbonyl (C=O) groups is 2. The zero-order chi connectivity index (χ0) is 11.5. The molecule has 0 aliphatic carbocycles. The fourth-order valence-electron chi connectivity index (χ4n) is 1.50. The van der Waals surface area contributed by atoms with E-state index in [0.717, 1.165) is 5.56 Å². The summed E-state index contributed by atoms with van der Waals surface area (Å²) in [5.41, 5.74) is 0.905. The van der Waals surface area contributed by atoms with Gasteiger partial charge in [-0.05, 0) is 17.7 Å². The standard InChI is InChI=1S/C12H11NO3/c1-2-8-4-3-5-9(6-8)16-10-7-11(14)13-12(10)15/h2-6,10H,1,7H2,(H,13,14,15). The Morgan fingerprint density at radius 3 is 2.88 bits per heavy atom. The predicted molar refractivity (Wildman–Crippen MR) is 58.7 cm³/mol. The van der Waals surface area contributed by atoms with Gasteiger partial charge in [0, 0.05) is 0 Å². The summed E-state index contributed by atoms with van der Waals surface area (Å²) in [6.45, 7) is 3.64. The van der Waals surface area contributed by atoms with Crippen LogP contribution in [0.3, 0.4) is 0 Å². The van der Waals surface area contributed by atoms with Gasteiger partial charge < -0.3 is 4.74 Å². The average molecular weight is 217 g/mol. The monoisotopic (exact) mass is 217 g/mol. The van der Waals surface area contributed by atoms with E-state index in [9.17, 15) is 9.59 Å². The summed E-state index contributed by atoms with van der Waals surface area (Å²) in [6, 6.07) is 7.19. The van der Waals surface area contributed by atoms with E-state index < -0.39 is 6.10 Å². The number of nitrogens with one attached hydrogen (secondary N) is 1. The van der Waals surface area contributed by atoms with Gasteiger partial charge in [0.2, 0.25) is 5.91 Å². The fraction of sp³-hybridized carbons (Fsp3) is 0.167. The average Bonchev–Trinajstić information content (AvgIpc) is 2.58. The lowest BCUT2D eigenvalue weighted by molar-refractivity contribution is -0.127. The maximum atomic E-state index is 11.3. The summed E-state index contributed by atoms with van der Waals surface area (Å²) in [4.78, 5) is 22.2. The van der Waals surface area contributed by atoms with E-state index >= 15 is 0 Å². The highest BCUT2D eigenvalue weighted by atomic mass is 16.5. The van der Waals surface area contributed by atoms with Crippen molar-refractivity contribution in [1.29, 1.82) is 0 Å². The van der Waals surface area contributed by atoms with Crippen LogP contribution in [0.1, 0.15) is 12.0 Å². The number of amides is 2. The van der Waals surface area contributed by atoms with Crippen LogP contribution in [0.4, 0.5) is 0 Å². The Kier molecular flexibility index (Phi) is 2.72. The fourth-order valence-corrected chi connectivity index (χ4v) is 1.50. The van der Waals surface area contributed by atoms with Gasteiger partial charge in [0.25, 0.3) is 5.91 Å². The molecule has 1 aliphatic heterocycles. The van der Waals surface area contributed by atoms with Crippen LogP contribution >= 0.6 is 0 Å². The third-order valence-corrected chi connectivity index (χ3v) is 2.30. The summed E-state index contributed by atoms with van der Waals surface area (Å²) < 4.78 is 5.42. The molecule has 1 atom stereocenters. The summed E-state index contributed by atoms with van der Waals surface area (Å²) in [6.07, 6.45) is 1.05. The van der Waals surface area contributed by atoms with Crippen molar-refractivity contribution >= 4 is 17.9 Å². The van der Waals surface area contributed by atoms with E-state index in [-0.39, 0.29) is 18.2 Å². The molecule has 2 amide bonds. The first-order valence-electron chi connectivity index (χ1n) is 4.92. The number of hydrogen-bond donors (Lipinski definition) is 1. The quantitative estimate of drug-likeness (QED) is 0.772. The highest BCUT2D eigenvalue weighted by molar-refractivity contribution is 6.05. The summed E-state index contributed by atoms with van der Waals surface area (Å²) in [5.74, 6) is -0.115. The Hall–Kier alpha value is -2.10. The highest BCUT2D eigenvalue weighted by Gasteiger charge is 2.32. The molecule has 0 spiro atoms. The number of ether oxygens (including phenoxy) is 1. The van der Waals surface area contributed by atoms with Gasteiger partial charge in [-0.3, -0.25) is 14.9 Å². The first-order chi connectivity index (χ1) is 7.69. The molecular weight excluding hydrogens is 206 g/mol. The molecule has 0 bridgehead atoms. The van der Waals surface area contributed by atoms with E-state index in [2.05, 4.69) is 11.9 Å². The normalized spacial score (nSPS) is 19.4. The van der Waals surface area contributed by atoms with Crippen LogP contribution in [-0.2, 0) is 9.59 Å². The van der Waals surface area contributed by atoms with Gasteiger partial charge in [-0.25, -0.2) is 0 Å². The molecule has 1 saturated heterocycles. The third kappa shape index (κ3) is 2.11. The molecule has 1 N–H and O–H groups in total. The largest absolute Gasteiger partial charge is 0.480 e. The Morgan fingerprint density at radius 2 is 2.25 bits per heavy atom. The predicted octanol–water partition coefficient (Wildman–Crippen LogP) is 1.12. The number of hydrogen-bond acceptors (Lipinski definition) is 3. The molecule has 1 aromatic rings. The van der Waals surface area contributed by atoms with Gasteiger partial charge in [0.05, 0.1) is 6.42 Å². The molecule has 1 heterocycles. The highest BCUT2D eigenvalue weighted by Crippen LogP contribution is 2.18. The number of imide groups is 1. The van der Waals surface area contributed by atoms with Crippen molar-refractivity contribution in [3.05, 3.63) is 36.4 Å². The Bertz CT molecular complexity index is 453. The number of rotatable bonds is 3. The van der Waals surface area contributed by atoms with Gasteiger partial charge in [-0.2, -0.15) is 0 Å². The molecule has 4 nitrogen and oxygen atoms in total. The van der Waals surface area contributed by atoms with Crippen molar-refractivity contribution in [1.82, 2.24) is 5.32 Å². The van der Waals surface area contributed by atoms with E-state index in [0.29, 0.717) is 5.75 Å². The van der Waals surface area contributed by atoms with Crippen LogP contribution in [0.25, 0.3) is 6.08 Å². The third-order valence-electron chi connectivity index (χ3n) is 2.30. The molecule has 1 aromatic carbocycles. The van der Waals surface area contributed by atoms with Crippen molar-refractivity contribution in [2.75, 3.05) is 0 Å². The molecule has 82 valence electrons. The smallest absolute Gasteiger partial charge is 0.268 e. The second kappa shape index (κ2) is 4.18. The summed E-state index contributed by atoms with van der Waals surface area (Å²) in [5, 5.41) is 2.19. The van der Waals surface area contributed by atoms with Gasteiger partial charge >= 0.3 is 0 Å². The van der Waals surface area contributed by atoms with Crippen LogP contribution in [-0.4, -0.2) is 17.9 Å². The van der Waals surface area contributed by atoms with E-state index in [1.165, 1.54) is 0 Å². The minimum Gasteiger partial charge on any atom is -0.480 e. The SMILES string of the molecule is C=Cc1cccc(OC2CC(=O)NC2=O)c1. The van der Waals surface area contributed by atoms with E-state index in [4.69, 9.17) is 4.74 Å². The minimum absolute atomic E-state index is 0.0805. The van der Waals surface area contributed by atoms with Crippen molar-refractivity contribution in [3.63, 3.8) is 0 Å². The second-order valence-electron chi connectivity index (χ2n) is 3.50. The molecule has 1 fully saturated rings. The molecule has 2 rings (SSSR count). The van der Waals surface area contributed by atoms with Crippen LogP contribution in [0.2, 0.25) is 0 Å². The zero-order valence-electron chi connectivity index (χ0n) is 8.60. The van der Waals surface area contributed by atoms with Gasteiger partial charge in [-0.15, -0.1) is 0 Å². The lowest BCUT2D eigenvalue weighted by atomic mass is 10.2. The molecule has 4 heteroatoms. The lowest BCUT2D eigenvalue weighted by Crippen LogP contribution is -2.28. The molecule has 0 radical (unpaired) electrons. The van der Waals surface area contributed by atoms with E-state index in [1.807, 2.05) is 6.07 Å². The molecule has 1 unspecified atom stereocenters. The van der Waals surface area contributed by atoms with Crippen molar-refractivity contribution < 1.29 is 14.3 Å². The van der Waals surface area contributed by atoms with Crippen LogP contribution < -0.4 is 10.1 Å². The maximum absolute atomic E-state index is 11.3. The lowest BCUT2D eigenvalue weighted by Gasteiger charge is -2.10. The zero-order valence-corrected chi connectivity index (χ0v) is 8.60. The summed E-state index contributed by atoms with van der Waals surface area (Å²) >= 11 is 0. The number of carbonyl (C=O) groups excluding carboxylic acids is 2. The van der Waals surface area contributed by atoms with Gasteiger partial charge in [0.1, 0.15) is 5.75 Å². The van der Waals surface area contributed by atoms with Crippen molar-refractivity contribution in [3.8, 4) is 5.75 Å². The Labute approximate surface area is 92.9 Å². The second-order valence-corrected chi connectivity index (χ2v) is 3.50. The molecule has 0 aromatic heterocycles. The van der Waals surface area contributed by atoms with Crippen molar-refractivity contribution in [2.24, 2.45) is 0 Å². The molecule has 1 aliphatic rings. The van der Waals surface area contributed by atoms with Crippen molar-refractivity contribution in [2.45, 2.75) is 12.5 Å². The minimum atomic E-state index is -0.715. The van der Waals surface area contributed by atoms with Gasteiger partial charge in [-0.1, -0.05) is 24.8 Å². The molecule has 16 heavy (non-hydrogen) atoms. The van der Waals surface area contributed by atoms with E-state index in [1.54, 1.807) is 24.3 Å². The molecule has 0 saturated carbocycles. The first-order valence-corrected chi connectivity index (χ1v) is 4.92. The van der Waals surface area contributed by atoms with Crippen LogP contribution in [0.5, 0.6) is 5.75 Å². The maximum Gasteiger partial charge on any atom is 0.268 e. The Balaban J connectivity index is 2.11. The molecular formula is C12H11NO3. The van der Waals surface area contributed by atoms with Crippen LogP contribution in [0, 0.1) is 0 Å². The summed E-state index contributed by atoms with van der Waals surface area (Å²) in [7, 11) is 0.